The SMILES string of the molecule is Cc1cn(CC(C)OC(C(=O)O)P(=O)(O)O)c(=O)[nH]c1=O. The van der Waals surface area contributed by atoms with Gasteiger partial charge in [-0.3, -0.25) is 18.9 Å². The first kappa shape index (κ1) is 17.3. The van der Waals surface area contributed by atoms with Gasteiger partial charge in [-0.15, -0.1) is 0 Å². The van der Waals surface area contributed by atoms with Gasteiger partial charge in [0.1, 0.15) is 0 Å². The van der Waals surface area contributed by atoms with Crippen molar-refractivity contribution in [3.8, 4) is 0 Å². The van der Waals surface area contributed by atoms with E-state index in [4.69, 9.17) is 19.6 Å². The van der Waals surface area contributed by atoms with E-state index in [1.54, 1.807) is 0 Å². The molecule has 2 atom stereocenters. The zero-order valence-electron chi connectivity index (χ0n) is 11.2. The van der Waals surface area contributed by atoms with Gasteiger partial charge in [0.2, 0.25) is 0 Å². The number of carboxylic acids is 1. The highest BCUT2D eigenvalue weighted by Gasteiger charge is 2.38. The second-order valence-corrected chi connectivity index (χ2v) is 6.10. The molecular weight excluding hydrogens is 307 g/mol. The minimum absolute atomic E-state index is 0.180. The van der Waals surface area contributed by atoms with E-state index in [2.05, 4.69) is 0 Å². The van der Waals surface area contributed by atoms with Crippen LogP contribution >= 0.6 is 7.60 Å². The summed E-state index contributed by atoms with van der Waals surface area (Å²) in [5.74, 6) is -4.12. The third-order valence-electron chi connectivity index (χ3n) is 2.52. The number of aliphatic carboxylic acids is 1. The lowest BCUT2D eigenvalue weighted by Crippen LogP contribution is -2.36. The van der Waals surface area contributed by atoms with Gasteiger partial charge in [0.25, 0.3) is 11.4 Å². The normalized spacial score (nSPS) is 14.7. The van der Waals surface area contributed by atoms with E-state index in [1.165, 1.54) is 20.0 Å². The van der Waals surface area contributed by atoms with Crippen molar-refractivity contribution in [1.82, 2.24) is 9.55 Å². The predicted octanol–water partition coefficient (Wildman–Crippen LogP) is -1.16. The molecule has 10 nitrogen and oxygen atoms in total. The summed E-state index contributed by atoms with van der Waals surface area (Å²) in [7, 11) is -4.99. The van der Waals surface area contributed by atoms with Gasteiger partial charge in [0.05, 0.1) is 12.6 Å². The van der Waals surface area contributed by atoms with Gasteiger partial charge in [-0.1, -0.05) is 0 Å². The van der Waals surface area contributed by atoms with Gasteiger partial charge < -0.3 is 19.6 Å². The van der Waals surface area contributed by atoms with Gasteiger partial charge in [0.15, 0.2) is 0 Å². The standard InChI is InChI=1S/C10H15N2O8P/c1-5-3-12(10(16)11-7(5)13)4-6(2)20-9(8(14)15)21(17,18)19/h3,6,9H,4H2,1-2H3,(H,14,15)(H,11,13,16)(H2,17,18,19). The van der Waals surface area contributed by atoms with Crippen LogP contribution in [0.3, 0.4) is 0 Å². The number of aryl methyl sites for hydroxylation is 1. The summed E-state index contributed by atoms with van der Waals surface area (Å²) in [5, 5.41) is 8.73. The zero-order chi connectivity index (χ0) is 16.4. The van der Waals surface area contributed by atoms with Crippen molar-refractivity contribution >= 4 is 13.6 Å². The molecular formula is C10H15N2O8P. The molecule has 0 bridgehead atoms. The third kappa shape index (κ3) is 4.64. The molecule has 1 rings (SSSR count). The molecule has 0 aliphatic rings. The number of carboxylic acid groups (broad SMARTS) is 1. The number of aromatic nitrogens is 2. The summed E-state index contributed by atoms with van der Waals surface area (Å²) >= 11 is 0. The van der Waals surface area contributed by atoms with E-state index in [0.29, 0.717) is 0 Å². The number of hydrogen-bond donors (Lipinski definition) is 4. The summed E-state index contributed by atoms with van der Waals surface area (Å²) in [4.78, 5) is 53.3. The maximum atomic E-state index is 11.5. The quantitative estimate of drug-likeness (QED) is 0.477. The monoisotopic (exact) mass is 322 g/mol. The topological polar surface area (TPSA) is 159 Å². The van der Waals surface area contributed by atoms with Crippen LogP contribution in [0.2, 0.25) is 0 Å². The fraction of sp³-hybridized carbons (Fsp3) is 0.500. The summed E-state index contributed by atoms with van der Waals surface area (Å²) in [6.07, 6.45) is 0.260. The highest BCUT2D eigenvalue weighted by atomic mass is 31.2. The first-order chi connectivity index (χ1) is 9.52. The Morgan fingerprint density at radius 1 is 1.48 bits per heavy atom. The molecule has 118 valence electrons. The summed E-state index contributed by atoms with van der Waals surface area (Å²) in [6, 6.07) is 0. The molecule has 0 radical (unpaired) electrons. The van der Waals surface area contributed by atoms with Crippen molar-refractivity contribution in [1.29, 1.82) is 0 Å². The molecule has 0 spiro atoms. The summed E-state index contributed by atoms with van der Waals surface area (Å²) in [6.45, 7) is 2.63. The average molecular weight is 322 g/mol. The van der Waals surface area contributed by atoms with Gasteiger partial charge in [0, 0.05) is 11.8 Å². The summed E-state index contributed by atoms with van der Waals surface area (Å²) in [5.41, 5.74) is -1.03. The molecule has 0 aliphatic carbocycles. The van der Waals surface area contributed by atoms with Gasteiger partial charge in [-0.2, -0.15) is 0 Å². The molecule has 0 amide bonds. The van der Waals surface area contributed by atoms with E-state index in [9.17, 15) is 18.9 Å². The Kier molecular flexibility index (Phi) is 5.24. The van der Waals surface area contributed by atoms with Crippen molar-refractivity contribution in [3.63, 3.8) is 0 Å². The van der Waals surface area contributed by atoms with E-state index < -0.39 is 36.8 Å². The van der Waals surface area contributed by atoms with E-state index >= 15 is 0 Å². The first-order valence-electron chi connectivity index (χ1n) is 5.76. The molecule has 0 saturated heterocycles. The molecule has 1 heterocycles. The van der Waals surface area contributed by atoms with Crippen LogP contribution in [0.25, 0.3) is 0 Å². The van der Waals surface area contributed by atoms with Crippen LogP contribution in [-0.2, 0) is 20.6 Å². The maximum absolute atomic E-state index is 11.5. The second-order valence-electron chi connectivity index (χ2n) is 4.45. The molecule has 21 heavy (non-hydrogen) atoms. The molecule has 0 aromatic carbocycles. The van der Waals surface area contributed by atoms with Crippen LogP contribution in [0.4, 0.5) is 0 Å². The Morgan fingerprint density at radius 2 is 2.05 bits per heavy atom. The number of hydrogen-bond acceptors (Lipinski definition) is 5. The maximum Gasteiger partial charge on any atom is 0.365 e. The van der Waals surface area contributed by atoms with Crippen molar-refractivity contribution in [3.05, 3.63) is 32.6 Å². The van der Waals surface area contributed by atoms with Crippen LogP contribution < -0.4 is 11.2 Å². The van der Waals surface area contributed by atoms with E-state index in [1.807, 2.05) is 4.98 Å². The zero-order valence-corrected chi connectivity index (χ0v) is 12.1. The number of carbonyl (C=O) groups is 1. The number of ether oxygens (including phenoxy) is 1. The molecule has 4 N–H and O–H groups in total. The second kappa shape index (κ2) is 6.35. The first-order valence-corrected chi connectivity index (χ1v) is 7.44. The lowest BCUT2D eigenvalue weighted by molar-refractivity contribution is -0.148. The van der Waals surface area contributed by atoms with Crippen molar-refractivity contribution < 1.29 is 29.0 Å². The Labute approximate surface area is 118 Å². The van der Waals surface area contributed by atoms with Gasteiger partial charge >= 0.3 is 19.3 Å². The van der Waals surface area contributed by atoms with E-state index in [-0.39, 0.29) is 12.1 Å². The van der Waals surface area contributed by atoms with Crippen LogP contribution in [0.5, 0.6) is 0 Å². The molecule has 1 aromatic rings. The molecule has 0 saturated carbocycles. The van der Waals surface area contributed by atoms with Crippen LogP contribution in [0.1, 0.15) is 12.5 Å². The van der Waals surface area contributed by atoms with E-state index in [0.717, 1.165) is 4.57 Å². The van der Waals surface area contributed by atoms with Gasteiger partial charge in [-0.05, 0) is 13.8 Å². The smallest absolute Gasteiger partial charge is 0.365 e. The van der Waals surface area contributed by atoms with Crippen molar-refractivity contribution in [2.24, 2.45) is 0 Å². The number of nitrogens with zero attached hydrogens (tertiary/aromatic N) is 1. The Balaban J connectivity index is 2.92. The number of nitrogens with one attached hydrogen (secondary N) is 1. The minimum Gasteiger partial charge on any atom is -0.479 e. The average Bonchev–Trinajstić information content (AvgIpc) is 2.31. The lowest BCUT2D eigenvalue weighted by atomic mass is 10.3. The Bertz CT molecular complexity index is 687. The number of H-pyrrole nitrogens is 1. The lowest BCUT2D eigenvalue weighted by Gasteiger charge is -2.20. The number of aromatic amines is 1. The largest absolute Gasteiger partial charge is 0.479 e. The van der Waals surface area contributed by atoms with Crippen LogP contribution in [0, 0.1) is 6.92 Å². The fourth-order valence-electron chi connectivity index (χ4n) is 1.58. The predicted molar refractivity (Wildman–Crippen MR) is 70.1 cm³/mol. The number of rotatable bonds is 6. The molecule has 0 fully saturated rings. The van der Waals surface area contributed by atoms with Crippen LogP contribution in [0.15, 0.2) is 15.8 Å². The summed E-state index contributed by atoms with van der Waals surface area (Å²) < 4.78 is 16.8. The van der Waals surface area contributed by atoms with Crippen LogP contribution in [-0.4, -0.2) is 42.4 Å². The van der Waals surface area contributed by atoms with Gasteiger partial charge in [-0.25, -0.2) is 9.59 Å². The Hall–Kier alpha value is -1.74. The Morgan fingerprint density at radius 3 is 2.52 bits per heavy atom. The van der Waals surface area contributed by atoms with Crippen molar-refractivity contribution in [2.45, 2.75) is 32.3 Å². The molecule has 11 heteroatoms. The molecule has 2 unspecified atom stereocenters. The fourth-order valence-corrected chi connectivity index (χ4v) is 2.23. The third-order valence-corrected chi connectivity index (χ3v) is 3.47. The highest BCUT2D eigenvalue weighted by molar-refractivity contribution is 7.53. The van der Waals surface area contributed by atoms with Crippen molar-refractivity contribution in [2.75, 3.05) is 0 Å². The highest BCUT2D eigenvalue weighted by Crippen LogP contribution is 2.42. The minimum atomic E-state index is -4.99. The molecule has 1 aromatic heterocycles. The molecule has 0 aliphatic heterocycles.